The Bertz CT molecular complexity index is 923. The lowest BCUT2D eigenvalue weighted by atomic mass is 10.1. The van der Waals surface area contributed by atoms with E-state index in [0.717, 1.165) is 5.52 Å². The lowest BCUT2D eigenvalue weighted by Gasteiger charge is -2.13. The van der Waals surface area contributed by atoms with Gasteiger partial charge >= 0.3 is 0 Å². The number of amides is 1. The maximum atomic E-state index is 12.5. The van der Waals surface area contributed by atoms with Crippen LogP contribution in [-0.4, -0.2) is 35.1 Å². The molecule has 0 aliphatic rings. The van der Waals surface area contributed by atoms with Crippen molar-refractivity contribution in [3.05, 3.63) is 40.9 Å². The number of methoxy groups -OCH3 is 2. The molecule has 0 atom stereocenters. The Morgan fingerprint density at radius 2 is 2.00 bits per heavy atom. The summed E-state index contributed by atoms with van der Waals surface area (Å²) >= 11 is 6.22. The molecule has 0 aliphatic heterocycles. The van der Waals surface area contributed by atoms with Crippen LogP contribution >= 0.6 is 11.6 Å². The number of halogens is 1. The first kappa shape index (κ1) is 16.1. The van der Waals surface area contributed by atoms with E-state index in [0.29, 0.717) is 33.3 Å². The molecule has 0 fully saturated rings. The number of carbonyl (C=O) groups is 1. The maximum Gasteiger partial charge on any atom is 0.255 e. The fourth-order valence-corrected chi connectivity index (χ4v) is 2.57. The average Bonchev–Trinajstić information content (AvgIpc) is 2.96. The van der Waals surface area contributed by atoms with Crippen molar-refractivity contribution in [1.82, 2.24) is 15.0 Å². The van der Waals surface area contributed by atoms with Gasteiger partial charge in [-0.25, -0.2) is 4.68 Å². The van der Waals surface area contributed by atoms with Crippen molar-refractivity contribution >= 4 is 34.2 Å². The molecule has 0 saturated heterocycles. The summed E-state index contributed by atoms with van der Waals surface area (Å²) in [5.41, 5.74) is 2.30. The molecule has 1 aromatic heterocycles. The zero-order valence-electron chi connectivity index (χ0n) is 13.3. The number of nitrogens with zero attached hydrogens (tertiary/aromatic N) is 3. The number of hydrogen-bond acceptors (Lipinski definition) is 5. The molecule has 0 spiro atoms. The molecule has 1 N–H and O–H groups in total. The zero-order chi connectivity index (χ0) is 17.3. The van der Waals surface area contributed by atoms with Gasteiger partial charge in [-0.05, 0) is 18.2 Å². The summed E-state index contributed by atoms with van der Waals surface area (Å²) < 4.78 is 12.1. The van der Waals surface area contributed by atoms with E-state index in [2.05, 4.69) is 15.6 Å². The SMILES string of the molecule is COc1cc(Cl)c(NC(=O)c2ccc3c(c2)nnn3C)c(OC)c1. The number of rotatable bonds is 4. The minimum absolute atomic E-state index is 0.320. The summed E-state index contributed by atoms with van der Waals surface area (Å²) in [7, 11) is 4.81. The zero-order valence-corrected chi connectivity index (χ0v) is 14.1. The van der Waals surface area contributed by atoms with E-state index in [-0.39, 0.29) is 5.91 Å². The average molecular weight is 347 g/mol. The second kappa shape index (κ2) is 6.37. The van der Waals surface area contributed by atoms with Crippen LogP contribution in [0.2, 0.25) is 5.02 Å². The van der Waals surface area contributed by atoms with Crippen molar-refractivity contribution in [2.24, 2.45) is 7.05 Å². The molecular weight excluding hydrogens is 332 g/mol. The van der Waals surface area contributed by atoms with Crippen LogP contribution in [0, 0.1) is 0 Å². The number of benzene rings is 2. The summed E-state index contributed by atoms with van der Waals surface area (Å²) in [5.74, 6) is 0.622. The van der Waals surface area contributed by atoms with Gasteiger partial charge in [-0.15, -0.1) is 5.10 Å². The Labute approximate surface area is 143 Å². The molecule has 1 amide bonds. The molecule has 3 rings (SSSR count). The van der Waals surface area contributed by atoms with Crippen LogP contribution in [0.15, 0.2) is 30.3 Å². The Morgan fingerprint density at radius 3 is 2.71 bits per heavy atom. The van der Waals surface area contributed by atoms with E-state index in [1.165, 1.54) is 14.2 Å². The van der Waals surface area contributed by atoms with Crippen LogP contribution in [0.25, 0.3) is 11.0 Å². The molecule has 0 bridgehead atoms. The van der Waals surface area contributed by atoms with Crippen LogP contribution in [0.1, 0.15) is 10.4 Å². The lowest BCUT2D eigenvalue weighted by molar-refractivity contribution is 0.102. The normalized spacial score (nSPS) is 10.7. The summed E-state index contributed by atoms with van der Waals surface area (Å²) in [6.45, 7) is 0. The van der Waals surface area contributed by atoms with E-state index >= 15 is 0 Å². The monoisotopic (exact) mass is 346 g/mol. The standard InChI is InChI=1S/C16H15ClN4O3/c1-21-13-5-4-9(6-12(13)19-20-21)16(22)18-15-11(17)7-10(23-2)8-14(15)24-3/h4-8H,1-3H3,(H,18,22). The van der Waals surface area contributed by atoms with E-state index in [1.54, 1.807) is 42.1 Å². The van der Waals surface area contributed by atoms with Gasteiger partial charge in [0, 0.05) is 24.7 Å². The Balaban J connectivity index is 1.93. The van der Waals surface area contributed by atoms with Crippen molar-refractivity contribution in [2.45, 2.75) is 0 Å². The van der Waals surface area contributed by atoms with Crippen molar-refractivity contribution in [1.29, 1.82) is 0 Å². The molecule has 0 radical (unpaired) electrons. The first-order valence-electron chi connectivity index (χ1n) is 7.06. The molecule has 0 unspecified atom stereocenters. The predicted octanol–water partition coefficient (Wildman–Crippen LogP) is 2.89. The first-order chi connectivity index (χ1) is 11.5. The summed E-state index contributed by atoms with van der Waals surface area (Å²) in [6, 6.07) is 8.41. The Kier molecular flexibility index (Phi) is 4.26. The highest BCUT2D eigenvalue weighted by Crippen LogP contribution is 2.37. The molecule has 0 aliphatic carbocycles. The third kappa shape index (κ3) is 2.85. The molecular formula is C16H15ClN4O3. The molecule has 2 aromatic carbocycles. The van der Waals surface area contributed by atoms with E-state index in [9.17, 15) is 4.79 Å². The Hall–Kier alpha value is -2.80. The number of carbonyl (C=O) groups excluding carboxylic acids is 1. The van der Waals surface area contributed by atoms with Gasteiger partial charge in [0.1, 0.15) is 22.7 Å². The van der Waals surface area contributed by atoms with Crippen LogP contribution in [0.5, 0.6) is 11.5 Å². The van der Waals surface area contributed by atoms with Crippen LogP contribution in [0.3, 0.4) is 0 Å². The van der Waals surface area contributed by atoms with Gasteiger partial charge < -0.3 is 14.8 Å². The minimum atomic E-state index is -0.326. The van der Waals surface area contributed by atoms with E-state index in [1.807, 2.05) is 0 Å². The van der Waals surface area contributed by atoms with E-state index in [4.69, 9.17) is 21.1 Å². The number of aryl methyl sites for hydroxylation is 1. The van der Waals surface area contributed by atoms with Gasteiger partial charge in [-0.1, -0.05) is 16.8 Å². The molecule has 3 aromatic rings. The maximum absolute atomic E-state index is 12.5. The second-order valence-corrected chi connectivity index (χ2v) is 5.46. The minimum Gasteiger partial charge on any atom is -0.497 e. The van der Waals surface area contributed by atoms with Crippen LogP contribution in [0.4, 0.5) is 5.69 Å². The van der Waals surface area contributed by atoms with Gasteiger partial charge in [0.2, 0.25) is 0 Å². The third-order valence-electron chi connectivity index (χ3n) is 3.59. The number of nitrogens with one attached hydrogen (secondary N) is 1. The van der Waals surface area contributed by atoms with Crippen molar-refractivity contribution in [3.63, 3.8) is 0 Å². The second-order valence-electron chi connectivity index (χ2n) is 5.06. The lowest BCUT2D eigenvalue weighted by Crippen LogP contribution is -2.13. The molecule has 24 heavy (non-hydrogen) atoms. The molecule has 8 heteroatoms. The third-order valence-corrected chi connectivity index (χ3v) is 3.89. The highest BCUT2D eigenvalue weighted by molar-refractivity contribution is 6.34. The van der Waals surface area contributed by atoms with Gasteiger partial charge in [0.25, 0.3) is 5.91 Å². The molecule has 0 saturated carbocycles. The number of fused-ring (bicyclic) bond motifs is 1. The summed E-state index contributed by atoms with van der Waals surface area (Å²) in [4.78, 5) is 12.5. The highest BCUT2D eigenvalue weighted by atomic mass is 35.5. The van der Waals surface area contributed by atoms with E-state index < -0.39 is 0 Å². The highest BCUT2D eigenvalue weighted by Gasteiger charge is 2.16. The van der Waals surface area contributed by atoms with Gasteiger partial charge in [-0.3, -0.25) is 4.79 Å². The predicted molar refractivity (Wildman–Crippen MR) is 91.0 cm³/mol. The van der Waals surface area contributed by atoms with Gasteiger partial charge in [0.05, 0.1) is 24.8 Å². The summed E-state index contributed by atoms with van der Waals surface area (Å²) in [6.07, 6.45) is 0. The van der Waals surface area contributed by atoms with Crippen molar-refractivity contribution < 1.29 is 14.3 Å². The number of aromatic nitrogens is 3. The van der Waals surface area contributed by atoms with Crippen molar-refractivity contribution in [2.75, 3.05) is 19.5 Å². The van der Waals surface area contributed by atoms with Crippen molar-refractivity contribution in [3.8, 4) is 11.5 Å². The largest absolute Gasteiger partial charge is 0.497 e. The topological polar surface area (TPSA) is 78.3 Å². The van der Waals surface area contributed by atoms with Gasteiger partial charge in [-0.2, -0.15) is 0 Å². The fraction of sp³-hybridized carbons (Fsp3) is 0.188. The summed E-state index contributed by atoms with van der Waals surface area (Å²) in [5, 5.41) is 11.0. The number of anilines is 1. The van der Waals surface area contributed by atoms with Gasteiger partial charge in [0.15, 0.2) is 0 Å². The molecule has 7 nitrogen and oxygen atoms in total. The van der Waals surface area contributed by atoms with Crippen LogP contribution in [-0.2, 0) is 7.05 Å². The number of ether oxygens (including phenoxy) is 2. The molecule has 124 valence electrons. The smallest absolute Gasteiger partial charge is 0.255 e. The number of hydrogen-bond donors (Lipinski definition) is 1. The fourth-order valence-electron chi connectivity index (χ4n) is 2.33. The van der Waals surface area contributed by atoms with Crippen LogP contribution < -0.4 is 14.8 Å². The molecule has 1 heterocycles. The quantitative estimate of drug-likeness (QED) is 0.785. The Morgan fingerprint density at radius 1 is 1.21 bits per heavy atom. The first-order valence-corrected chi connectivity index (χ1v) is 7.43.